The third-order valence-corrected chi connectivity index (χ3v) is 14.1. The average molecular weight is 1060 g/mol. The van der Waals surface area contributed by atoms with Crippen LogP contribution in [0.25, 0.3) is 22.3 Å². The second kappa shape index (κ2) is 26.1. The molecule has 77 heavy (non-hydrogen) atoms. The summed E-state index contributed by atoms with van der Waals surface area (Å²) >= 11 is 0. The van der Waals surface area contributed by atoms with Gasteiger partial charge in [0, 0.05) is 25.1 Å². The van der Waals surface area contributed by atoms with Crippen LogP contribution in [0.15, 0.2) is 97.1 Å². The first-order valence-electron chi connectivity index (χ1n) is 26.1. The minimum Gasteiger partial charge on any atom is -0.508 e. The van der Waals surface area contributed by atoms with Crippen molar-refractivity contribution in [1.29, 1.82) is 0 Å². The monoisotopic (exact) mass is 1060 g/mol. The number of carbonyl (C=O) groups is 7. The van der Waals surface area contributed by atoms with Gasteiger partial charge in [-0.3, -0.25) is 38.5 Å². The van der Waals surface area contributed by atoms with Crippen molar-refractivity contribution in [2.75, 3.05) is 19.7 Å². The smallest absolute Gasteiger partial charge is 0.251 e. The highest BCUT2D eigenvalue weighted by Crippen LogP contribution is 2.29. The maximum atomic E-state index is 14.4. The van der Waals surface area contributed by atoms with Gasteiger partial charge < -0.3 is 66.9 Å². The van der Waals surface area contributed by atoms with Gasteiger partial charge in [-0.15, -0.1) is 0 Å². The van der Waals surface area contributed by atoms with Crippen LogP contribution in [0.3, 0.4) is 0 Å². The molecule has 0 aromatic heterocycles. The third-order valence-electron chi connectivity index (χ3n) is 14.1. The summed E-state index contributed by atoms with van der Waals surface area (Å²) in [4.78, 5) is 100. The lowest BCUT2D eigenvalue weighted by Crippen LogP contribution is -2.76. The largest absolute Gasteiger partial charge is 0.508 e. The topological polar surface area (TPSA) is 317 Å². The molecule has 3 aliphatic rings. The van der Waals surface area contributed by atoms with E-state index in [-0.39, 0.29) is 50.0 Å². The highest BCUT2D eigenvalue weighted by molar-refractivity contribution is 6.00. The van der Waals surface area contributed by atoms with Gasteiger partial charge in [0.15, 0.2) is 6.23 Å². The van der Waals surface area contributed by atoms with Crippen molar-refractivity contribution in [2.24, 2.45) is 0 Å². The van der Waals surface area contributed by atoms with E-state index in [0.717, 1.165) is 52.2 Å². The zero-order valence-corrected chi connectivity index (χ0v) is 43.2. The van der Waals surface area contributed by atoms with Crippen LogP contribution in [0.1, 0.15) is 81.6 Å². The maximum Gasteiger partial charge on any atom is 0.251 e. The Balaban J connectivity index is 1.11. The number of phenols is 1. The molecule has 7 rings (SSSR count). The highest BCUT2D eigenvalue weighted by Gasteiger charge is 2.55. The van der Waals surface area contributed by atoms with Crippen molar-refractivity contribution in [1.82, 2.24) is 36.4 Å². The molecule has 7 unspecified atom stereocenters. The number of fused-ring (bicyclic) bond motifs is 2. The number of aromatic hydroxyl groups is 1. The van der Waals surface area contributed by atoms with E-state index in [1.165, 1.54) is 26.0 Å². The number of hydrogen-bond acceptors (Lipinski definition) is 14. The number of aliphatic hydroxyl groups excluding tert-OH is 5. The first kappa shape index (κ1) is 57.3. The molecular weight excluding hydrogens is 995 g/mol. The Morgan fingerprint density at radius 2 is 1.29 bits per heavy atom. The van der Waals surface area contributed by atoms with Crippen molar-refractivity contribution in [3.63, 3.8) is 0 Å². The Labute approximate surface area is 446 Å². The minimum absolute atomic E-state index is 0.0267. The van der Waals surface area contributed by atoms with Crippen LogP contribution in [0.4, 0.5) is 0 Å². The van der Waals surface area contributed by atoms with Gasteiger partial charge >= 0.3 is 0 Å². The Hall–Kier alpha value is -7.43. The summed E-state index contributed by atoms with van der Waals surface area (Å²) in [5.41, 5.74) is 4.47. The molecule has 21 heteroatoms. The van der Waals surface area contributed by atoms with Gasteiger partial charge in [0.25, 0.3) is 11.8 Å². The third kappa shape index (κ3) is 14.1. The molecule has 0 radical (unpaired) electrons. The zero-order chi connectivity index (χ0) is 55.5. The minimum atomic E-state index is -1.92. The molecule has 4 aromatic carbocycles. The van der Waals surface area contributed by atoms with Gasteiger partial charge in [0.1, 0.15) is 53.9 Å². The van der Waals surface area contributed by atoms with E-state index in [4.69, 9.17) is 4.74 Å². The molecule has 3 heterocycles. The van der Waals surface area contributed by atoms with E-state index in [1.54, 1.807) is 36.4 Å². The number of nitrogens with one attached hydrogen (secondary N) is 5. The summed E-state index contributed by atoms with van der Waals surface area (Å²) < 4.78 is 5.85. The van der Waals surface area contributed by atoms with Crippen molar-refractivity contribution in [3.05, 3.63) is 108 Å². The summed E-state index contributed by atoms with van der Waals surface area (Å²) in [6, 6.07) is 18.8. The van der Waals surface area contributed by atoms with E-state index in [2.05, 4.69) is 33.5 Å². The molecule has 11 N–H and O–H groups in total. The van der Waals surface area contributed by atoms with E-state index in [1.807, 2.05) is 48.5 Å². The van der Waals surface area contributed by atoms with Crippen LogP contribution in [-0.2, 0) is 35.2 Å². The number of benzene rings is 4. The van der Waals surface area contributed by atoms with Crippen LogP contribution in [0.5, 0.6) is 11.5 Å². The van der Waals surface area contributed by atoms with Crippen molar-refractivity contribution < 1.29 is 68.9 Å². The summed E-state index contributed by atoms with van der Waals surface area (Å²) in [6.07, 6.45) is -5.51. The summed E-state index contributed by atoms with van der Waals surface area (Å²) in [5, 5.41) is 76.7. The lowest BCUT2D eigenvalue weighted by atomic mass is 9.93. The van der Waals surface area contributed by atoms with Gasteiger partial charge in [-0.2, -0.15) is 0 Å². The summed E-state index contributed by atoms with van der Waals surface area (Å²) in [6.45, 7) is 4.59. The zero-order valence-electron chi connectivity index (χ0n) is 43.2. The number of ether oxygens (including phenoxy) is 1. The number of rotatable bonds is 14. The predicted octanol–water partition coefficient (Wildman–Crippen LogP) is 1.00. The molecule has 21 nitrogen and oxygen atoms in total. The van der Waals surface area contributed by atoms with Crippen molar-refractivity contribution in [3.8, 4) is 33.8 Å². The fourth-order valence-electron chi connectivity index (χ4n) is 9.63. The molecule has 0 saturated carbocycles. The van der Waals surface area contributed by atoms with Crippen LogP contribution >= 0.6 is 0 Å². The van der Waals surface area contributed by atoms with E-state index < -0.39 is 115 Å². The molecule has 0 spiro atoms. The van der Waals surface area contributed by atoms with Crippen molar-refractivity contribution in [2.45, 2.75) is 139 Å². The Morgan fingerprint density at radius 3 is 1.88 bits per heavy atom. The van der Waals surface area contributed by atoms with Crippen LogP contribution in [-0.4, -0.2) is 168 Å². The summed E-state index contributed by atoms with van der Waals surface area (Å²) in [5.74, 6) is -5.81. The van der Waals surface area contributed by atoms with Crippen LogP contribution < -0.4 is 31.3 Å². The Kier molecular flexibility index (Phi) is 19.4. The van der Waals surface area contributed by atoms with E-state index in [9.17, 15) is 64.2 Å². The van der Waals surface area contributed by atoms with Crippen LogP contribution in [0.2, 0.25) is 0 Å². The fourth-order valence-corrected chi connectivity index (χ4v) is 9.63. The standard InChI is InChI=1S/C56H69N7O14/c1-4-5-6-28-77-41-24-20-37(21-25-41)35-14-12-34(13-15-35)36-16-18-38(19-17-36)49(69)58-42-8-7-27-57-53(73)47-48(68)56(76)63(47)55(75)46(32(3)65)61-51(71)43(26-11-33-9-22-39(66)23-10-33)59-52(72)44-29-40(67)30-62(44)54(74)45(31(2)64)60-50(42)70/h9-10,12-25,31-32,40,42-48,56,64-68,76H,4-8,11,26-30H2,1-3H3,(H,57,73)(H,58,69)(H,59,72)(H,60,70)(H,61,71)/t31?,32?,40-,42+,43?,44?,45?,46?,47?,48-,56-/m1/s1. The first-order valence-corrected chi connectivity index (χ1v) is 26.1. The molecular formula is C56H69N7O14. The first-order chi connectivity index (χ1) is 36.8. The highest BCUT2D eigenvalue weighted by atomic mass is 16.5. The van der Waals surface area contributed by atoms with Gasteiger partial charge in [-0.05, 0) is 110 Å². The molecule has 11 atom stereocenters. The summed E-state index contributed by atoms with van der Waals surface area (Å²) in [7, 11) is 0. The second-order valence-corrected chi connectivity index (χ2v) is 19.9. The fraction of sp³-hybridized carbons (Fsp3) is 0.446. The number of phenolic OH excluding ortho intramolecular Hbond substituents is 1. The molecule has 0 aliphatic carbocycles. The van der Waals surface area contributed by atoms with E-state index >= 15 is 0 Å². The average Bonchev–Trinajstić information content (AvgIpc) is 3.86. The Morgan fingerprint density at radius 1 is 0.714 bits per heavy atom. The van der Waals surface area contributed by atoms with Crippen molar-refractivity contribution >= 4 is 41.4 Å². The number of amides is 7. The number of unbranched alkanes of at least 4 members (excludes halogenated alkanes) is 2. The molecule has 3 saturated heterocycles. The SMILES string of the molecule is CCCCCOc1ccc(-c2ccc(-c3ccc(C(=O)N[C@H]4CCCNC(=O)C5[C@@H](O)[C@@H](O)N5C(=O)C(C(C)O)NC(=O)C(CCc5ccc(O)cc5)NC(=O)C5C[C@@H](O)CN5C(=O)C(C(C)O)NC4=O)cc3)cc2)cc1. The molecule has 3 aliphatic heterocycles. The number of nitrogens with zero attached hydrogens (tertiary/aromatic N) is 2. The molecule has 3 fully saturated rings. The quantitative estimate of drug-likeness (QED) is 0.0786. The van der Waals surface area contributed by atoms with E-state index in [0.29, 0.717) is 17.1 Å². The predicted molar refractivity (Wildman–Crippen MR) is 280 cm³/mol. The van der Waals surface area contributed by atoms with Gasteiger partial charge in [0.05, 0.1) is 24.9 Å². The normalized spacial score (nSPS) is 25.6. The number of carbonyl (C=O) groups excluding carboxylic acids is 7. The molecule has 412 valence electrons. The lowest BCUT2D eigenvalue weighted by Gasteiger charge is -2.49. The number of hydrogen-bond donors (Lipinski definition) is 11. The molecule has 4 aromatic rings. The van der Waals surface area contributed by atoms with Gasteiger partial charge in [0.2, 0.25) is 29.5 Å². The van der Waals surface area contributed by atoms with Gasteiger partial charge in [-0.25, -0.2) is 0 Å². The number of aliphatic hydroxyl groups is 5. The second-order valence-electron chi connectivity index (χ2n) is 19.9. The number of aryl methyl sites for hydroxylation is 1. The van der Waals surface area contributed by atoms with Gasteiger partial charge in [-0.1, -0.05) is 80.4 Å². The van der Waals surface area contributed by atoms with Crippen LogP contribution in [0, 0.1) is 0 Å². The lowest BCUT2D eigenvalue weighted by molar-refractivity contribution is -0.217. The maximum absolute atomic E-state index is 14.4. The Bertz CT molecular complexity index is 2710. The molecule has 0 bridgehead atoms. The molecule has 7 amide bonds.